The van der Waals surface area contributed by atoms with Gasteiger partial charge in [-0.1, -0.05) is 0 Å². The summed E-state index contributed by atoms with van der Waals surface area (Å²) < 4.78 is 19.4. The van der Waals surface area contributed by atoms with Gasteiger partial charge in [0.15, 0.2) is 0 Å². The topological polar surface area (TPSA) is 30.9 Å². The van der Waals surface area contributed by atoms with Gasteiger partial charge >= 0.3 is 0 Å². The minimum absolute atomic E-state index is 0.125. The molecule has 0 saturated carbocycles. The number of rotatable bonds is 9. The van der Waals surface area contributed by atoms with Gasteiger partial charge in [0.05, 0.1) is 64.2 Å². The molecule has 1 aliphatic rings. The molecule has 1 rings (SSSR count). The quantitative estimate of drug-likeness (QED) is 0.348. The first-order valence-electron chi connectivity index (χ1n) is 8.07. The fourth-order valence-electron chi connectivity index (χ4n) is 3.77. The number of halogens is 1. The van der Waals surface area contributed by atoms with Crippen molar-refractivity contribution in [1.29, 1.82) is 0 Å². The van der Waals surface area contributed by atoms with Gasteiger partial charge in [0, 0.05) is 23.3 Å². The first kappa shape index (κ1) is 20.3. The number of quaternary nitrogens is 1. The minimum Gasteiger partial charge on any atom is -0.382 e. The van der Waals surface area contributed by atoms with E-state index in [-0.39, 0.29) is 11.1 Å². The van der Waals surface area contributed by atoms with E-state index in [0.29, 0.717) is 26.4 Å². The number of hydrogen-bond donors (Lipinski definition) is 0. The summed E-state index contributed by atoms with van der Waals surface area (Å²) in [6.45, 7) is 15.8. The standard InChI is InChI=1S/C16H34BrN2O3/c1-15(2)13-19(5,14-16(3,4)18(15)17)7-8-21-11-12-22-10-9-20-6/h7-14H2,1-6H3/q+1. The van der Waals surface area contributed by atoms with Crippen molar-refractivity contribution in [1.82, 2.24) is 3.93 Å². The monoisotopic (exact) mass is 381 g/mol. The van der Waals surface area contributed by atoms with Gasteiger partial charge in [0.25, 0.3) is 0 Å². The molecule has 1 aliphatic heterocycles. The first-order chi connectivity index (χ1) is 10.1. The van der Waals surface area contributed by atoms with Crippen LogP contribution in [-0.2, 0) is 14.2 Å². The molecule has 0 aromatic rings. The van der Waals surface area contributed by atoms with Gasteiger partial charge in [-0.15, -0.1) is 0 Å². The third-order valence-electron chi connectivity index (χ3n) is 4.18. The van der Waals surface area contributed by atoms with E-state index in [9.17, 15) is 0 Å². The van der Waals surface area contributed by atoms with E-state index in [2.05, 4.69) is 54.8 Å². The highest BCUT2D eigenvalue weighted by Gasteiger charge is 2.50. The van der Waals surface area contributed by atoms with E-state index < -0.39 is 0 Å². The van der Waals surface area contributed by atoms with Crippen LogP contribution in [0.4, 0.5) is 0 Å². The van der Waals surface area contributed by atoms with Crippen molar-refractivity contribution >= 4 is 16.1 Å². The predicted octanol–water partition coefficient (Wildman–Crippen LogP) is 2.30. The summed E-state index contributed by atoms with van der Waals surface area (Å²) in [4.78, 5) is 0. The number of likely N-dealkylation sites (N-methyl/N-ethyl adjacent to an activating group) is 1. The number of nitrogens with zero attached hydrogens (tertiary/aromatic N) is 2. The number of methoxy groups -OCH3 is 1. The fourth-order valence-corrected chi connectivity index (χ4v) is 4.00. The van der Waals surface area contributed by atoms with Gasteiger partial charge in [-0.05, 0) is 27.7 Å². The summed E-state index contributed by atoms with van der Waals surface area (Å²) in [5, 5.41) is 0. The zero-order valence-corrected chi connectivity index (χ0v) is 16.7. The molecule has 0 aromatic heterocycles. The largest absolute Gasteiger partial charge is 0.382 e. The Bertz CT molecular complexity index is 319. The summed E-state index contributed by atoms with van der Waals surface area (Å²) >= 11 is 3.77. The highest BCUT2D eigenvalue weighted by Crippen LogP contribution is 2.37. The van der Waals surface area contributed by atoms with Crippen LogP contribution in [0.2, 0.25) is 0 Å². The predicted molar refractivity (Wildman–Crippen MR) is 93.2 cm³/mol. The molecule has 132 valence electrons. The lowest BCUT2D eigenvalue weighted by atomic mass is 9.89. The van der Waals surface area contributed by atoms with Crippen LogP contribution < -0.4 is 0 Å². The van der Waals surface area contributed by atoms with Crippen molar-refractivity contribution in [2.75, 3.05) is 66.8 Å². The van der Waals surface area contributed by atoms with Gasteiger partial charge in [-0.2, -0.15) is 0 Å². The molecule has 1 heterocycles. The molecule has 0 aliphatic carbocycles. The zero-order chi connectivity index (χ0) is 16.9. The maximum Gasteiger partial charge on any atom is 0.102 e. The smallest absolute Gasteiger partial charge is 0.102 e. The van der Waals surface area contributed by atoms with Crippen molar-refractivity contribution in [3.05, 3.63) is 0 Å². The Balaban J connectivity index is 2.32. The molecule has 0 spiro atoms. The summed E-state index contributed by atoms with van der Waals surface area (Å²) in [6.07, 6.45) is 0. The van der Waals surface area contributed by atoms with E-state index in [1.807, 2.05) is 0 Å². The van der Waals surface area contributed by atoms with Crippen LogP contribution in [-0.4, -0.2) is 86.3 Å². The molecule has 0 radical (unpaired) electrons. The molecule has 6 heteroatoms. The lowest BCUT2D eigenvalue weighted by Crippen LogP contribution is -2.71. The molecule has 0 bridgehead atoms. The van der Waals surface area contributed by atoms with Crippen molar-refractivity contribution in [3.8, 4) is 0 Å². The Morgan fingerprint density at radius 1 is 0.909 bits per heavy atom. The van der Waals surface area contributed by atoms with Gasteiger partial charge in [-0.25, -0.2) is 3.93 Å². The van der Waals surface area contributed by atoms with Crippen molar-refractivity contribution in [2.24, 2.45) is 0 Å². The summed E-state index contributed by atoms with van der Waals surface area (Å²) in [5.74, 6) is 0. The summed E-state index contributed by atoms with van der Waals surface area (Å²) in [6, 6.07) is 0. The fraction of sp³-hybridized carbons (Fsp3) is 1.00. The lowest BCUT2D eigenvalue weighted by Gasteiger charge is -2.56. The maximum atomic E-state index is 5.74. The third-order valence-corrected chi connectivity index (χ3v) is 6.10. The van der Waals surface area contributed by atoms with E-state index in [1.54, 1.807) is 7.11 Å². The molecule has 5 nitrogen and oxygen atoms in total. The normalized spacial score (nSPS) is 23.6. The molecule has 1 fully saturated rings. The van der Waals surface area contributed by atoms with Crippen LogP contribution in [0.1, 0.15) is 27.7 Å². The maximum absolute atomic E-state index is 5.74. The SMILES string of the molecule is COCCOCCOCC[N+]1(C)CC(C)(C)N(Br)C(C)(C)C1. The second kappa shape index (κ2) is 8.40. The van der Waals surface area contributed by atoms with E-state index in [4.69, 9.17) is 14.2 Å². The molecule has 22 heavy (non-hydrogen) atoms. The molecular weight excluding hydrogens is 348 g/mol. The minimum atomic E-state index is 0.125. The average Bonchev–Trinajstić information content (AvgIpc) is 2.38. The summed E-state index contributed by atoms with van der Waals surface area (Å²) in [7, 11) is 4.02. The van der Waals surface area contributed by atoms with Crippen LogP contribution in [0.5, 0.6) is 0 Å². The Labute approximate surface area is 144 Å². The molecule has 1 saturated heterocycles. The third kappa shape index (κ3) is 6.06. The van der Waals surface area contributed by atoms with Crippen molar-refractivity contribution in [3.63, 3.8) is 0 Å². The molecule has 0 aromatic carbocycles. The molecule has 0 N–H and O–H groups in total. The van der Waals surface area contributed by atoms with E-state index in [0.717, 1.165) is 30.7 Å². The van der Waals surface area contributed by atoms with Crippen LogP contribution in [0.15, 0.2) is 0 Å². The zero-order valence-electron chi connectivity index (χ0n) is 15.2. The highest BCUT2D eigenvalue weighted by molar-refractivity contribution is 9.07. The Morgan fingerprint density at radius 2 is 1.36 bits per heavy atom. The number of hydrogen-bond acceptors (Lipinski definition) is 4. The van der Waals surface area contributed by atoms with E-state index in [1.165, 1.54) is 0 Å². The Morgan fingerprint density at radius 3 is 1.86 bits per heavy atom. The highest BCUT2D eigenvalue weighted by atomic mass is 79.9. The van der Waals surface area contributed by atoms with E-state index >= 15 is 0 Å². The Kier molecular flexibility index (Phi) is 7.76. The average molecular weight is 382 g/mol. The molecule has 0 unspecified atom stereocenters. The van der Waals surface area contributed by atoms with Gasteiger partial charge in [0.2, 0.25) is 0 Å². The van der Waals surface area contributed by atoms with Crippen LogP contribution in [0.3, 0.4) is 0 Å². The van der Waals surface area contributed by atoms with Gasteiger partial charge in [0.1, 0.15) is 6.54 Å². The van der Waals surface area contributed by atoms with Crippen molar-refractivity contribution < 1.29 is 18.7 Å². The lowest BCUT2D eigenvalue weighted by molar-refractivity contribution is -0.924. The summed E-state index contributed by atoms with van der Waals surface area (Å²) in [5.41, 5.74) is 0.250. The van der Waals surface area contributed by atoms with Crippen LogP contribution in [0, 0.1) is 0 Å². The molecular formula is C16H34BrN2O3+. The number of ether oxygens (including phenoxy) is 3. The second-order valence-electron chi connectivity index (χ2n) is 7.78. The van der Waals surface area contributed by atoms with Crippen molar-refractivity contribution in [2.45, 2.75) is 38.8 Å². The Hall–Kier alpha value is 0.280. The number of piperazine rings is 1. The van der Waals surface area contributed by atoms with Gasteiger partial charge < -0.3 is 18.7 Å². The van der Waals surface area contributed by atoms with Crippen LogP contribution >= 0.6 is 16.1 Å². The molecule has 0 atom stereocenters. The second-order valence-corrected chi connectivity index (χ2v) is 8.49. The first-order valence-corrected chi connectivity index (χ1v) is 8.78. The molecule has 0 amide bonds. The van der Waals surface area contributed by atoms with Crippen LogP contribution in [0.25, 0.3) is 0 Å². The van der Waals surface area contributed by atoms with Gasteiger partial charge in [-0.3, -0.25) is 0 Å².